The van der Waals surface area contributed by atoms with Gasteiger partial charge in [-0.05, 0) is 37.6 Å². The zero-order chi connectivity index (χ0) is 14.4. The third-order valence-corrected chi connectivity index (χ3v) is 4.66. The summed E-state index contributed by atoms with van der Waals surface area (Å²) in [6, 6.07) is 0. The molecule has 1 N–H and O–H groups in total. The summed E-state index contributed by atoms with van der Waals surface area (Å²) in [6.07, 6.45) is 8.76. The van der Waals surface area contributed by atoms with Crippen LogP contribution in [0, 0.1) is 5.41 Å². The lowest BCUT2D eigenvalue weighted by Crippen LogP contribution is -2.26. The highest BCUT2D eigenvalue weighted by Crippen LogP contribution is 2.37. The molecule has 1 aliphatic rings. The van der Waals surface area contributed by atoms with Crippen LogP contribution >= 0.6 is 0 Å². The quantitative estimate of drug-likeness (QED) is 0.829. The zero-order valence-corrected chi connectivity index (χ0v) is 13.2. The molecule has 0 spiro atoms. The second-order valence-corrected chi connectivity index (χ2v) is 5.99. The van der Waals surface area contributed by atoms with Gasteiger partial charge in [0.05, 0.1) is 18.1 Å². The molecule has 1 aliphatic heterocycles. The minimum Gasteiger partial charge on any atom is -0.369 e. The Morgan fingerprint density at radius 2 is 2.00 bits per heavy atom. The monoisotopic (exact) mass is 276 g/mol. The highest BCUT2D eigenvalue weighted by molar-refractivity contribution is 5.30. The van der Waals surface area contributed by atoms with Crippen molar-refractivity contribution in [2.24, 2.45) is 5.41 Å². The molecule has 2 rings (SSSR count). The first-order chi connectivity index (χ1) is 9.71. The van der Waals surface area contributed by atoms with Crippen LogP contribution in [0.4, 0.5) is 5.82 Å². The third-order valence-electron chi connectivity index (χ3n) is 4.66. The molecule has 1 saturated heterocycles. The molecular weight excluding hydrogens is 248 g/mol. The van der Waals surface area contributed by atoms with E-state index in [0.717, 1.165) is 31.0 Å². The number of likely N-dealkylation sites (tertiary alicyclic amines) is 1. The Labute approximate surface area is 123 Å². The predicted molar refractivity (Wildman–Crippen MR) is 83.7 cm³/mol. The summed E-state index contributed by atoms with van der Waals surface area (Å²) >= 11 is 0. The minimum atomic E-state index is 0.538. The van der Waals surface area contributed by atoms with Crippen LogP contribution in [0.15, 0.2) is 12.4 Å². The van der Waals surface area contributed by atoms with Gasteiger partial charge in [0, 0.05) is 19.6 Å². The number of aromatic nitrogens is 2. The van der Waals surface area contributed by atoms with E-state index in [4.69, 9.17) is 0 Å². The largest absolute Gasteiger partial charge is 0.369 e. The van der Waals surface area contributed by atoms with Crippen molar-refractivity contribution < 1.29 is 0 Å². The number of rotatable bonds is 7. The van der Waals surface area contributed by atoms with Gasteiger partial charge in [-0.15, -0.1) is 0 Å². The van der Waals surface area contributed by atoms with Gasteiger partial charge in [0.1, 0.15) is 5.82 Å². The zero-order valence-electron chi connectivity index (χ0n) is 13.2. The van der Waals surface area contributed by atoms with E-state index in [0.29, 0.717) is 5.41 Å². The third kappa shape index (κ3) is 3.69. The lowest BCUT2D eigenvalue weighted by Gasteiger charge is -2.26. The molecule has 0 saturated carbocycles. The minimum absolute atomic E-state index is 0.538. The average Bonchev–Trinajstić information content (AvgIpc) is 2.90. The van der Waals surface area contributed by atoms with Crippen molar-refractivity contribution in [2.75, 3.05) is 25.0 Å². The normalized spacial score (nSPS) is 18.4. The fourth-order valence-electron chi connectivity index (χ4n) is 3.00. The number of nitrogens with zero attached hydrogens (tertiary/aromatic N) is 3. The van der Waals surface area contributed by atoms with Crippen molar-refractivity contribution >= 4 is 5.82 Å². The van der Waals surface area contributed by atoms with Crippen LogP contribution in [0.1, 0.15) is 52.1 Å². The molecule has 4 nitrogen and oxygen atoms in total. The van der Waals surface area contributed by atoms with Gasteiger partial charge in [-0.2, -0.15) is 0 Å². The van der Waals surface area contributed by atoms with Gasteiger partial charge in [-0.3, -0.25) is 9.88 Å². The summed E-state index contributed by atoms with van der Waals surface area (Å²) in [5.74, 6) is 0.883. The molecular formula is C16H28N4. The molecule has 0 aliphatic carbocycles. The first-order valence-corrected chi connectivity index (χ1v) is 7.98. The molecule has 20 heavy (non-hydrogen) atoms. The summed E-state index contributed by atoms with van der Waals surface area (Å²) in [5, 5.41) is 3.26. The standard InChI is InChI=1S/C16H28N4/c1-4-8-17-15-11-18-14(10-19-15)12-20-9-7-16(5-2,6-3)13-20/h10-11H,4-9,12-13H2,1-3H3,(H,17,19). The lowest BCUT2D eigenvalue weighted by atomic mass is 9.82. The first kappa shape index (κ1) is 15.2. The van der Waals surface area contributed by atoms with E-state index in [2.05, 4.69) is 41.0 Å². The van der Waals surface area contributed by atoms with Gasteiger partial charge >= 0.3 is 0 Å². The topological polar surface area (TPSA) is 41.1 Å². The van der Waals surface area contributed by atoms with Gasteiger partial charge in [0.2, 0.25) is 0 Å². The molecule has 2 heterocycles. The van der Waals surface area contributed by atoms with Crippen LogP contribution in [0.25, 0.3) is 0 Å². The summed E-state index contributed by atoms with van der Waals surface area (Å²) in [5.41, 5.74) is 1.62. The van der Waals surface area contributed by atoms with Gasteiger partial charge in [0.15, 0.2) is 0 Å². The van der Waals surface area contributed by atoms with Crippen LogP contribution in [0.5, 0.6) is 0 Å². The maximum Gasteiger partial charge on any atom is 0.144 e. The Kier molecular flexibility index (Phi) is 5.35. The van der Waals surface area contributed by atoms with Crippen LogP contribution in [-0.4, -0.2) is 34.5 Å². The molecule has 0 bridgehead atoms. The fraction of sp³-hybridized carbons (Fsp3) is 0.750. The lowest BCUT2D eigenvalue weighted by molar-refractivity contribution is 0.234. The van der Waals surface area contributed by atoms with Gasteiger partial charge in [0.25, 0.3) is 0 Å². The van der Waals surface area contributed by atoms with E-state index in [1.165, 1.54) is 32.4 Å². The molecule has 0 atom stereocenters. The maximum absolute atomic E-state index is 4.53. The molecule has 0 radical (unpaired) electrons. The van der Waals surface area contributed by atoms with E-state index in [1.807, 2.05) is 12.4 Å². The Hall–Kier alpha value is -1.16. The summed E-state index contributed by atoms with van der Waals surface area (Å²) < 4.78 is 0. The van der Waals surface area contributed by atoms with Crippen LogP contribution in [0.3, 0.4) is 0 Å². The van der Waals surface area contributed by atoms with E-state index < -0.39 is 0 Å². The first-order valence-electron chi connectivity index (χ1n) is 7.98. The summed E-state index contributed by atoms with van der Waals surface area (Å²) in [7, 11) is 0. The molecule has 0 aromatic carbocycles. The second-order valence-electron chi connectivity index (χ2n) is 5.99. The number of anilines is 1. The molecule has 112 valence electrons. The molecule has 4 heteroatoms. The van der Waals surface area contributed by atoms with Crippen molar-refractivity contribution in [3.8, 4) is 0 Å². The van der Waals surface area contributed by atoms with Gasteiger partial charge in [-0.1, -0.05) is 20.8 Å². The highest BCUT2D eigenvalue weighted by Gasteiger charge is 2.34. The Balaban J connectivity index is 1.88. The van der Waals surface area contributed by atoms with Crippen LogP contribution in [0.2, 0.25) is 0 Å². The molecule has 1 aromatic rings. The van der Waals surface area contributed by atoms with E-state index in [-0.39, 0.29) is 0 Å². The molecule has 1 aromatic heterocycles. The summed E-state index contributed by atoms with van der Waals surface area (Å²) in [6.45, 7) is 11.1. The van der Waals surface area contributed by atoms with Crippen molar-refractivity contribution in [2.45, 2.75) is 53.0 Å². The maximum atomic E-state index is 4.53. The Morgan fingerprint density at radius 3 is 2.55 bits per heavy atom. The van der Waals surface area contributed by atoms with E-state index in [9.17, 15) is 0 Å². The van der Waals surface area contributed by atoms with Crippen molar-refractivity contribution in [3.05, 3.63) is 18.1 Å². The number of hydrogen-bond acceptors (Lipinski definition) is 4. The Bertz CT molecular complexity index is 397. The number of nitrogens with one attached hydrogen (secondary N) is 1. The SMILES string of the molecule is CCCNc1cnc(CN2CCC(CC)(CC)C2)cn1. The smallest absolute Gasteiger partial charge is 0.144 e. The second kappa shape index (κ2) is 7.02. The van der Waals surface area contributed by atoms with Crippen molar-refractivity contribution in [3.63, 3.8) is 0 Å². The highest BCUT2D eigenvalue weighted by atomic mass is 15.2. The van der Waals surface area contributed by atoms with Gasteiger partial charge in [-0.25, -0.2) is 4.98 Å². The van der Waals surface area contributed by atoms with E-state index in [1.54, 1.807) is 0 Å². The van der Waals surface area contributed by atoms with E-state index >= 15 is 0 Å². The average molecular weight is 276 g/mol. The van der Waals surface area contributed by atoms with Crippen LogP contribution in [-0.2, 0) is 6.54 Å². The Morgan fingerprint density at radius 1 is 1.20 bits per heavy atom. The fourth-order valence-corrected chi connectivity index (χ4v) is 3.00. The van der Waals surface area contributed by atoms with Crippen molar-refractivity contribution in [1.82, 2.24) is 14.9 Å². The van der Waals surface area contributed by atoms with Gasteiger partial charge < -0.3 is 5.32 Å². The van der Waals surface area contributed by atoms with Crippen molar-refractivity contribution in [1.29, 1.82) is 0 Å². The summed E-state index contributed by atoms with van der Waals surface area (Å²) in [4.78, 5) is 11.5. The predicted octanol–water partition coefficient (Wildman–Crippen LogP) is 3.31. The molecule has 0 amide bonds. The number of hydrogen-bond donors (Lipinski definition) is 1. The van der Waals surface area contributed by atoms with Crippen LogP contribution < -0.4 is 5.32 Å². The molecule has 0 unspecified atom stereocenters. The molecule has 1 fully saturated rings.